The van der Waals surface area contributed by atoms with Crippen LogP contribution in [0, 0.1) is 0 Å². The van der Waals surface area contributed by atoms with Crippen LogP contribution in [0.25, 0.3) is 16.8 Å². The van der Waals surface area contributed by atoms with Crippen LogP contribution < -0.4 is 4.74 Å². The molecule has 0 N–H and O–H groups in total. The summed E-state index contributed by atoms with van der Waals surface area (Å²) in [6.07, 6.45) is 4.45. The van der Waals surface area contributed by atoms with E-state index in [1.807, 2.05) is 24.3 Å². The Hall–Kier alpha value is -3.02. The minimum Gasteiger partial charge on any atom is -0.434 e. The van der Waals surface area contributed by atoms with Gasteiger partial charge in [-0.05, 0) is 35.8 Å². The Labute approximate surface area is 148 Å². The number of fused-ring (bicyclic) bond motifs is 2. The molecule has 0 radical (unpaired) electrons. The number of carbonyl (C=O) groups is 1. The lowest BCUT2D eigenvalue weighted by atomic mass is 9.89. The molecule has 4 rings (SSSR count). The van der Waals surface area contributed by atoms with Crippen LogP contribution in [0.5, 0.6) is 5.75 Å². The second-order valence-electron chi connectivity index (χ2n) is 6.20. The predicted molar refractivity (Wildman–Crippen MR) is 94.4 cm³/mol. The molecule has 2 aromatic carbocycles. The molecular weight excluding hydrogens is 338 g/mol. The molecule has 0 spiro atoms. The number of aromatic nitrogens is 2. The number of hydrogen-bond acceptors (Lipinski definition) is 3. The predicted octanol–water partition coefficient (Wildman–Crippen LogP) is 4.39. The van der Waals surface area contributed by atoms with E-state index >= 15 is 0 Å². The maximum atomic E-state index is 12.8. The van der Waals surface area contributed by atoms with Crippen molar-refractivity contribution in [2.24, 2.45) is 7.05 Å². The molecule has 0 amide bonds. The lowest BCUT2D eigenvalue weighted by Crippen LogP contribution is -2.15. The van der Waals surface area contributed by atoms with Crippen molar-refractivity contribution in [2.75, 3.05) is 0 Å². The molecule has 0 saturated carbocycles. The van der Waals surface area contributed by atoms with Crippen LogP contribution >= 0.6 is 0 Å². The molecule has 3 aromatic rings. The maximum Gasteiger partial charge on any atom is 0.387 e. The van der Waals surface area contributed by atoms with Gasteiger partial charge in [-0.1, -0.05) is 30.3 Å². The summed E-state index contributed by atoms with van der Waals surface area (Å²) >= 11 is 0. The maximum absolute atomic E-state index is 12.8. The van der Waals surface area contributed by atoms with E-state index in [-0.39, 0.29) is 11.5 Å². The summed E-state index contributed by atoms with van der Waals surface area (Å²) in [6.45, 7) is -2.93. The lowest BCUT2D eigenvalue weighted by Gasteiger charge is -2.16. The molecule has 0 bridgehead atoms. The molecular formula is C20H16F2N2O2. The van der Waals surface area contributed by atoms with Crippen LogP contribution in [-0.4, -0.2) is 22.2 Å². The highest BCUT2D eigenvalue weighted by Crippen LogP contribution is 2.34. The SMILES string of the molecule is Cn1ncc2c1CC/C(=C/c1c(OC(F)F)ccc3ccccc13)C2=O. The van der Waals surface area contributed by atoms with Gasteiger partial charge in [-0.25, -0.2) is 0 Å². The number of ether oxygens (including phenoxy) is 1. The summed E-state index contributed by atoms with van der Waals surface area (Å²) in [6, 6.07) is 10.7. The first-order valence-corrected chi connectivity index (χ1v) is 8.27. The number of hydrogen-bond donors (Lipinski definition) is 0. The normalized spacial score (nSPS) is 15.7. The molecule has 4 nitrogen and oxygen atoms in total. The third-order valence-electron chi connectivity index (χ3n) is 4.69. The van der Waals surface area contributed by atoms with Crippen LogP contribution in [-0.2, 0) is 13.5 Å². The van der Waals surface area contributed by atoms with Crippen molar-refractivity contribution in [3.8, 4) is 5.75 Å². The van der Waals surface area contributed by atoms with E-state index < -0.39 is 6.61 Å². The fourth-order valence-corrected chi connectivity index (χ4v) is 3.42. The largest absolute Gasteiger partial charge is 0.434 e. The van der Waals surface area contributed by atoms with Gasteiger partial charge in [0.15, 0.2) is 5.78 Å². The number of alkyl halides is 2. The van der Waals surface area contributed by atoms with Crippen molar-refractivity contribution in [3.05, 3.63) is 65.0 Å². The van der Waals surface area contributed by atoms with Crippen molar-refractivity contribution in [3.63, 3.8) is 0 Å². The van der Waals surface area contributed by atoms with E-state index in [4.69, 9.17) is 4.74 Å². The number of halogens is 2. The Morgan fingerprint density at radius 1 is 1.19 bits per heavy atom. The molecule has 1 aliphatic carbocycles. The lowest BCUT2D eigenvalue weighted by molar-refractivity contribution is -0.0498. The average molecular weight is 354 g/mol. The topological polar surface area (TPSA) is 44.1 Å². The van der Waals surface area contributed by atoms with Gasteiger partial charge in [-0.15, -0.1) is 0 Å². The zero-order valence-electron chi connectivity index (χ0n) is 14.1. The van der Waals surface area contributed by atoms with Crippen LogP contribution in [0.4, 0.5) is 8.78 Å². The Morgan fingerprint density at radius 2 is 2.00 bits per heavy atom. The highest BCUT2D eigenvalue weighted by atomic mass is 19.3. The van der Waals surface area contributed by atoms with Crippen molar-refractivity contribution >= 4 is 22.6 Å². The third kappa shape index (κ3) is 2.77. The van der Waals surface area contributed by atoms with Crippen LogP contribution in [0.1, 0.15) is 28.0 Å². The second kappa shape index (κ2) is 6.37. The summed E-state index contributed by atoms with van der Waals surface area (Å²) in [5, 5.41) is 5.80. The Kier molecular flexibility index (Phi) is 4.03. The number of allylic oxidation sites excluding steroid dienone is 1. The second-order valence-corrected chi connectivity index (χ2v) is 6.20. The number of benzene rings is 2. The Bertz CT molecular complexity index is 1040. The molecule has 132 valence electrons. The van der Waals surface area contributed by atoms with Gasteiger partial charge in [0.05, 0.1) is 11.8 Å². The number of carbonyl (C=O) groups excluding carboxylic acids is 1. The van der Waals surface area contributed by atoms with Crippen molar-refractivity contribution in [1.82, 2.24) is 9.78 Å². The van der Waals surface area contributed by atoms with E-state index in [2.05, 4.69) is 5.10 Å². The molecule has 1 heterocycles. The molecule has 0 unspecified atom stereocenters. The number of aryl methyl sites for hydroxylation is 1. The van der Waals surface area contributed by atoms with Crippen LogP contribution in [0.3, 0.4) is 0 Å². The van der Waals surface area contributed by atoms with Gasteiger partial charge >= 0.3 is 6.61 Å². The Balaban J connectivity index is 1.86. The fourth-order valence-electron chi connectivity index (χ4n) is 3.42. The van der Waals surface area contributed by atoms with E-state index in [0.29, 0.717) is 29.5 Å². The number of rotatable bonds is 3. The van der Waals surface area contributed by atoms with Gasteiger partial charge in [0, 0.05) is 23.9 Å². The van der Waals surface area contributed by atoms with Crippen molar-refractivity contribution in [1.29, 1.82) is 0 Å². The summed E-state index contributed by atoms with van der Waals surface area (Å²) in [5.74, 6) is -0.0498. The smallest absolute Gasteiger partial charge is 0.387 e. The minimum atomic E-state index is -2.93. The molecule has 1 aliphatic rings. The van der Waals surface area contributed by atoms with E-state index in [0.717, 1.165) is 16.5 Å². The van der Waals surface area contributed by atoms with E-state index in [9.17, 15) is 13.6 Å². The summed E-state index contributed by atoms with van der Waals surface area (Å²) < 4.78 is 32.1. The van der Waals surface area contributed by atoms with Gasteiger partial charge in [0.25, 0.3) is 0 Å². The van der Waals surface area contributed by atoms with Crippen molar-refractivity contribution in [2.45, 2.75) is 19.5 Å². The van der Waals surface area contributed by atoms with Gasteiger partial charge < -0.3 is 4.74 Å². The highest BCUT2D eigenvalue weighted by molar-refractivity contribution is 6.14. The minimum absolute atomic E-state index is 0.0657. The van der Waals surface area contributed by atoms with Gasteiger partial charge in [0.2, 0.25) is 0 Å². The number of nitrogens with zero attached hydrogens (tertiary/aromatic N) is 2. The van der Waals surface area contributed by atoms with E-state index in [1.165, 1.54) is 6.07 Å². The molecule has 26 heavy (non-hydrogen) atoms. The third-order valence-corrected chi connectivity index (χ3v) is 4.69. The quantitative estimate of drug-likeness (QED) is 0.656. The van der Waals surface area contributed by atoms with Crippen LogP contribution in [0.2, 0.25) is 0 Å². The first-order valence-electron chi connectivity index (χ1n) is 8.27. The number of ketones is 1. The highest BCUT2D eigenvalue weighted by Gasteiger charge is 2.25. The molecule has 1 aromatic heterocycles. The molecule has 0 fully saturated rings. The fraction of sp³-hybridized carbons (Fsp3) is 0.200. The number of Topliss-reactive ketones (excluding diaryl/α,β-unsaturated/α-hetero) is 1. The Morgan fingerprint density at radius 3 is 2.81 bits per heavy atom. The van der Waals surface area contributed by atoms with Gasteiger partial charge in [-0.2, -0.15) is 13.9 Å². The van der Waals surface area contributed by atoms with Crippen molar-refractivity contribution < 1.29 is 18.3 Å². The molecule has 0 aliphatic heterocycles. The molecule has 0 saturated heterocycles. The molecule has 0 atom stereocenters. The average Bonchev–Trinajstić information content (AvgIpc) is 3.00. The van der Waals surface area contributed by atoms with Crippen LogP contribution in [0.15, 0.2) is 48.2 Å². The first kappa shape index (κ1) is 16.4. The van der Waals surface area contributed by atoms with E-state index in [1.54, 1.807) is 30.1 Å². The summed E-state index contributed by atoms with van der Waals surface area (Å²) in [4.78, 5) is 12.8. The monoisotopic (exact) mass is 354 g/mol. The first-order chi connectivity index (χ1) is 12.5. The molecule has 6 heteroatoms. The zero-order valence-corrected chi connectivity index (χ0v) is 14.1. The zero-order chi connectivity index (χ0) is 18.3. The summed E-state index contributed by atoms with van der Waals surface area (Å²) in [5.41, 5.74) is 2.54. The van der Waals surface area contributed by atoms with Gasteiger partial charge in [-0.3, -0.25) is 9.48 Å². The summed E-state index contributed by atoms with van der Waals surface area (Å²) in [7, 11) is 1.81. The van der Waals surface area contributed by atoms with Gasteiger partial charge in [0.1, 0.15) is 5.75 Å². The standard InChI is InChI=1S/C20H16F2N2O2/c1-24-17-8-6-13(19(25)16(17)11-23-24)10-15-14-5-3-2-4-12(14)7-9-18(15)26-20(21)22/h2-5,7,9-11,20H,6,8H2,1H3/b13-10-.